The van der Waals surface area contributed by atoms with E-state index in [1.807, 2.05) is 80.6 Å². The Labute approximate surface area is 296 Å². The van der Waals surface area contributed by atoms with E-state index in [1.54, 1.807) is 55.5 Å². The van der Waals surface area contributed by atoms with Crippen LogP contribution >= 0.6 is 11.8 Å². The lowest BCUT2D eigenvalue weighted by Gasteiger charge is -2.46. The summed E-state index contributed by atoms with van der Waals surface area (Å²) in [4.78, 5) is 27.3. The highest BCUT2D eigenvalue weighted by molar-refractivity contribution is 8.00. The van der Waals surface area contributed by atoms with E-state index in [2.05, 4.69) is 0 Å². The number of aliphatic hydroxyl groups is 1. The summed E-state index contributed by atoms with van der Waals surface area (Å²) >= 11 is 1.37. The Hall–Kier alpha value is -4.03. The lowest BCUT2D eigenvalue weighted by Crippen LogP contribution is -2.60. The maximum atomic E-state index is 13.3. The van der Waals surface area contributed by atoms with Crippen LogP contribution in [-0.2, 0) is 35.0 Å². The van der Waals surface area contributed by atoms with E-state index in [0.717, 1.165) is 16.0 Å². The number of thioether (sulfide) groups is 1. The van der Waals surface area contributed by atoms with Gasteiger partial charge < -0.3 is 33.5 Å². The van der Waals surface area contributed by atoms with Gasteiger partial charge in [0.25, 0.3) is 0 Å². The van der Waals surface area contributed by atoms with Gasteiger partial charge in [0, 0.05) is 11.3 Å². The summed E-state index contributed by atoms with van der Waals surface area (Å²) < 4.78 is 37.5. The van der Waals surface area contributed by atoms with Crippen LogP contribution < -0.4 is 0 Å². The highest BCUT2D eigenvalue weighted by Crippen LogP contribution is 2.39. The van der Waals surface area contributed by atoms with E-state index in [-0.39, 0.29) is 6.42 Å². The van der Waals surface area contributed by atoms with E-state index in [0.29, 0.717) is 17.7 Å². The molecule has 0 aliphatic carbocycles. The topological polar surface area (TPSA) is 110 Å². The Morgan fingerprint density at radius 2 is 1.28 bits per heavy atom. The van der Waals surface area contributed by atoms with Crippen LogP contribution in [0, 0.1) is 6.92 Å². The van der Waals surface area contributed by atoms with Gasteiger partial charge in [-0.1, -0.05) is 84.4 Å². The summed E-state index contributed by atoms with van der Waals surface area (Å²) in [6.07, 6.45) is -6.47. The standard InChI is InChI=1S/C40H42O9S/c1-25-19-21-31(22-20-25)50-37-34(41)36(49-39(43)30-17-11-6-12-18-30)27(3)46-40(37)47-32-23-33(44-24-28-13-7-4-8-14-28)45-26(2)35(32)48-38(42)29-15-9-5-10-16-29/h4-22,26-27,32-37,40-41H,23-24H2,1-3H3/t26-,27-,32-,33-,34+,35-,36-,37-,40+/m1/s1. The third-order valence-corrected chi connectivity index (χ3v) is 10.1. The van der Waals surface area contributed by atoms with Crippen LogP contribution in [0.1, 0.15) is 52.1 Å². The molecule has 0 radical (unpaired) electrons. The number of carbonyl (C=O) groups excluding carboxylic acids is 2. The lowest BCUT2D eigenvalue weighted by molar-refractivity contribution is -0.304. The Bertz CT molecular complexity index is 1670. The van der Waals surface area contributed by atoms with Crippen LogP contribution in [0.4, 0.5) is 0 Å². The van der Waals surface area contributed by atoms with Crippen LogP contribution in [0.5, 0.6) is 0 Å². The molecule has 10 heteroatoms. The number of rotatable bonds is 11. The molecule has 0 amide bonds. The van der Waals surface area contributed by atoms with Crippen molar-refractivity contribution in [1.82, 2.24) is 0 Å². The Morgan fingerprint density at radius 1 is 0.740 bits per heavy atom. The van der Waals surface area contributed by atoms with E-state index in [1.165, 1.54) is 11.8 Å². The van der Waals surface area contributed by atoms with E-state index in [4.69, 9.17) is 28.4 Å². The first-order valence-corrected chi connectivity index (χ1v) is 17.7. The molecule has 2 saturated heterocycles. The number of hydrogen-bond acceptors (Lipinski definition) is 10. The van der Waals surface area contributed by atoms with Gasteiger partial charge >= 0.3 is 11.9 Å². The van der Waals surface area contributed by atoms with E-state index in [9.17, 15) is 14.7 Å². The fourth-order valence-electron chi connectivity index (χ4n) is 6.04. The maximum absolute atomic E-state index is 13.3. The normalized spacial score (nSPS) is 28.0. The molecule has 262 valence electrons. The van der Waals surface area contributed by atoms with Crippen molar-refractivity contribution in [3.63, 3.8) is 0 Å². The summed E-state index contributed by atoms with van der Waals surface area (Å²) in [5.41, 5.74) is 2.84. The van der Waals surface area contributed by atoms with Crippen LogP contribution in [0.25, 0.3) is 0 Å². The summed E-state index contributed by atoms with van der Waals surface area (Å²) in [6, 6.07) is 35.0. The molecule has 0 unspecified atom stereocenters. The Kier molecular flexibility index (Phi) is 12.0. The van der Waals surface area contributed by atoms with Gasteiger partial charge in [0.05, 0.1) is 35.2 Å². The molecule has 4 aromatic carbocycles. The third-order valence-electron chi connectivity index (χ3n) is 8.76. The molecule has 2 aliphatic heterocycles. The molecule has 0 aromatic heterocycles. The van der Waals surface area contributed by atoms with Crippen molar-refractivity contribution in [2.45, 2.75) is 93.1 Å². The van der Waals surface area contributed by atoms with Gasteiger partial charge in [-0.3, -0.25) is 0 Å². The average molecular weight is 699 g/mol. The summed E-state index contributed by atoms with van der Waals surface area (Å²) in [7, 11) is 0. The van der Waals surface area contributed by atoms with Gasteiger partial charge in [-0.15, -0.1) is 11.8 Å². The van der Waals surface area contributed by atoms with Crippen molar-refractivity contribution in [3.05, 3.63) is 138 Å². The molecule has 0 bridgehead atoms. The number of esters is 2. The van der Waals surface area contributed by atoms with Gasteiger partial charge in [0.15, 0.2) is 24.8 Å². The number of ether oxygens (including phenoxy) is 6. The van der Waals surface area contributed by atoms with Crippen molar-refractivity contribution < 1.29 is 43.1 Å². The van der Waals surface area contributed by atoms with Gasteiger partial charge in [-0.05, 0) is 62.7 Å². The second kappa shape index (κ2) is 16.8. The van der Waals surface area contributed by atoms with Crippen LogP contribution in [-0.4, -0.2) is 71.5 Å². The largest absolute Gasteiger partial charge is 0.453 e. The van der Waals surface area contributed by atoms with Gasteiger partial charge in [0.2, 0.25) is 0 Å². The van der Waals surface area contributed by atoms with Crippen molar-refractivity contribution >= 4 is 23.7 Å². The number of benzene rings is 4. The second-order valence-corrected chi connectivity index (χ2v) is 13.8. The van der Waals surface area contributed by atoms with Gasteiger partial charge in [-0.25, -0.2) is 9.59 Å². The van der Waals surface area contributed by atoms with Crippen molar-refractivity contribution in [3.8, 4) is 0 Å². The van der Waals surface area contributed by atoms with Gasteiger partial charge in [0.1, 0.15) is 12.2 Å². The number of carbonyl (C=O) groups is 2. The molecular weight excluding hydrogens is 656 g/mol. The second-order valence-electron chi connectivity index (χ2n) is 12.5. The quantitative estimate of drug-likeness (QED) is 0.169. The fourth-order valence-corrected chi connectivity index (χ4v) is 7.19. The minimum Gasteiger partial charge on any atom is -0.453 e. The first-order valence-electron chi connectivity index (χ1n) is 16.8. The fraction of sp³-hybridized carbons (Fsp3) is 0.350. The smallest absolute Gasteiger partial charge is 0.338 e. The van der Waals surface area contributed by atoms with Crippen LogP contribution in [0.15, 0.2) is 120 Å². The number of aliphatic hydroxyl groups excluding tert-OH is 1. The minimum atomic E-state index is -1.17. The predicted octanol–water partition coefficient (Wildman–Crippen LogP) is 6.75. The van der Waals surface area contributed by atoms with Crippen LogP contribution in [0.3, 0.4) is 0 Å². The van der Waals surface area contributed by atoms with Crippen molar-refractivity contribution in [1.29, 1.82) is 0 Å². The van der Waals surface area contributed by atoms with E-state index < -0.39 is 66.4 Å². The summed E-state index contributed by atoms with van der Waals surface area (Å²) in [5.74, 6) is -1.08. The third kappa shape index (κ3) is 9.00. The first-order chi connectivity index (χ1) is 24.2. The SMILES string of the molecule is Cc1ccc(S[C@H]2[C@H](O[C@@H]3C[C@H](OCc4ccccc4)O[C@H](C)[C@H]3OC(=O)c3ccccc3)O[C@H](C)[C@@H](OC(=O)c3ccccc3)[C@@H]2O)cc1. The van der Waals surface area contributed by atoms with Crippen molar-refractivity contribution in [2.24, 2.45) is 0 Å². The molecule has 9 nitrogen and oxygen atoms in total. The molecule has 2 fully saturated rings. The zero-order chi connectivity index (χ0) is 35.0. The number of aryl methyl sites for hydroxylation is 1. The lowest BCUT2D eigenvalue weighted by atomic mass is 9.99. The summed E-state index contributed by atoms with van der Waals surface area (Å²) in [5, 5.41) is 11.2. The predicted molar refractivity (Wildman–Crippen MR) is 188 cm³/mol. The molecule has 0 saturated carbocycles. The first kappa shape index (κ1) is 35.8. The highest BCUT2D eigenvalue weighted by atomic mass is 32.2. The average Bonchev–Trinajstić information content (AvgIpc) is 3.14. The molecular formula is C40H42O9S. The molecule has 9 atom stereocenters. The minimum absolute atomic E-state index is 0.225. The number of hydrogen-bond donors (Lipinski definition) is 1. The zero-order valence-electron chi connectivity index (χ0n) is 28.2. The molecule has 2 aliphatic rings. The highest BCUT2D eigenvalue weighted by Gasteiger charge is 2.50. The maximum Gasteiger partial charge on any atom is 0.338 e. The Balaban J connectivity index is 1.26. The Morgan fingerprint density at radius 3 is 1.88 bits per heavy atom. The molecule has 50 heavy (non-hydrogen) atoms. The van der Waals surface area contributed by atoms with Crippen LogP contribution in [0.2, 0.25) is 0 Å². The van der Waals surface area contributed by atoms with E-state index >= 15 is 0 Å². The van der Waals surface area contributed by atoms with Gasteiger partial charge in [-0.2, -0.15) is 0 Å². The zero-order valence-corrected chi connectivity index (χ0v) is 29.0. The summed E-state index contributed by atoms with van der Waals surface area (Å²) in [6.45, 7) is 5.86. The molecule has 2 heterocycles. The molecule has 6 rings (SSSR count). The molecule has 1 N–H and O–H groups in total. The van der Waals surface area contributed by atoms with Crippen molar-refractivity contribution in [2.75, 3.05) is 0 Å². The molecule has 0 spiro atoms. The monoisotopic (exact) mass is 698 g/mol. The molecule has 4 aromatic rings.